The monoisotopic (exact) mass is 393 g/mol. The molecule has 2 heterocycles. The maximum atomic E-state index is 14.1. The Morgan fingerprint density at radius 1 is 1.24 bits per heavy atom. The highest BCUT2D eigenvalue weighted by Gasteiger charge is 2.35. The fourth-order valence-corrected chi connectivity index (χ4v) is 4.09. The largest absolute Gasteiger partial charge is 0.374 e. The van der Waals surface area contributed by atoms with E-state index in [4.69, 9.17) is 4.74 Å². The van der Waals surface area contributed by atoms with Crippen LogP contribution in [0.5, 0.6) is 0 Å². The van der Waals surface area contributed by atoms with Crippen LogP contribution in [-0.4, -0.2) is 36.7 Å². The van der Waals surface area contributed by atoms with Gasteiger partial charge in [-0.1, -0.05) is 12.1 Å². The molecule has 1 unspecified atom stereocenters. The van der Waals surface area contributed by atoms with Crippen LogP contribution in [0.1, 0.15) is 28.9 Å². The molecule has 1 atom stereocenters. The van der Waals surface area contributed by atoms with Gasteiger partial charge in [0, 0.05) is 29.9 Å². The van der Waals surface area contributed by atoms with E-state index in [1.54, 1.807) is 12.1 Å². The second kappa shape index (κ2) is 7.19. The number of morpholine rings is 1. The molecular formula is C23H24FN3O2. The number of nitrogens with zero attached hydrogens (tertiary/aromatic N) is 1. The number of benzene rings is 2. The van der Waals surface area contributed by atoms with Gasteiger partial charge in [-0.3, -0.25) is 4.79 Å². The van der Waals surface area contributed by atoms with Gasteiger partial charge in [-0.05, 0) is 61.6 Å². The molecular weight excluding hydrogens is 369 g/mol. The number of carbonyl (C=O) groups is 1. The van der Waals surface area contributed by atoms with Crippen LogP contribution in [0.2, 0.25) is 0 Å². The van der Waals surface area contributed by atoms with Crippen molar-refractivity contribution in [1.82, 2.24) is 4.98 Å². The SMILES string of the molecule is Cc1ccc(F)c2cc(C(=O)Nc3cccc(N4CCOC(C5CC5)C4)c3)[nH]c12. The maximum Gasteiger partial charge on any atom is 0.272 e. The van der Waals surface area contributed by atoms with E-state index >= 15 is 0 Å². The molecule has 2 N–H and O–H groups in total. The molecule has 2 aromatic carbocycles. The molecule has 0 spiro atoms. The van der Waals surface area contributed by atoms with Gasteiger partial charge < -0.3 is 19.9 Å². The minimum absolute atomic E-state index is 0.282. The van der Waals surface area contributed by atoms with Gasteiger partial charge in [-0.2, -0.15) is 0 Å². The summed E-state index contributed by atoms with van der Waals surface area (Å²) in [5, 5.41) is 3.37. The normalized spacial score (nSPS) is 19.5. The first-order chi connectivity index (χ1) is 14.1. The zero-order valence-electron chi connectivity index (χ0n) is 16.4. The number of amides is 1. The fourth-order valence-electron chi connectivity index (χ4n) is 4.09. The second-order valence-corrected chi connectivity index (χ2v) is 8.03. The lowest BCUT2D eigenvalue weighted by atomic mass is 10.1. The molecule has 5 nitrogen and oxygen atoms in total. The fraction of sp³-hybridized carbons (Fsp3) is 0.348. The van der Waals surface area contributed by atoms with Gasteiger partial charge in [-0.15, -0.1) is 0 Å². The van der Waals surface area contributed by atoms with Crippen molar-refractivity contribution in [1.29, 1.82) is 0 Å². The summed E-state index contributed by atoms with van der Waals surface area (Å²) in [5.41, 5.74) is 3.70. The topological polar surface area (TPSA) is 57.4 Å². The molecule has 3 aromatic rings. The number of aromatic amines is 1. The Balaban J connectivity index is 1.34. The van der Waals surface area contributed by atoms with Gasteiger partial charge in [0.1, 0.15) is 11.5 Å². The van der Waals surface area contributed by atoms with E-state index in [2.05, 4.69) is 21.3 Å². The summed E-state index contributed by atoms with van der Waals surface area (Å²) in [5.74, 6) is 0.0852. The Labute approximate surface area is 168 Å². The maximum absolute atomic E-state index is 14.1. The minimum Gasteiger partial charge on any atom is -0.374 e. The third-order valence-corrected chi connectivity index (χ3v) is 5.90. The van der Waals surface area contributed by atoms with Crippen molar-refractivity contribution >= 4 is 28.2 Å². The molecule has 150 valence electrons. The average Bonchev–Trinajstić information content (AvgIpc) is 3.48. The van der Waals surface area contributed by atoms with E-state index in [-0.39, 0.29) is 11.7 Å². The predicted molar refractivity (Wildman–Crippen MR) is 112 cm³/mol. The van der Waals surface area contributed by atoms with Crippen LogP contribution < -0.4 is 10.2 Å². The summed E-state index contributed by atoms with van der Waals surface area (Å²) >= 11 is 0. The Hall–Kier alpha value is -2.86. The van der Waals surface area contributed by atoms with Crippen molar-refractivity contribution in [3.05, 3.63) is 59.5 Å². The second-order valence-electron chi connectivity index (χ2n) is 8.03. The van der Waals surface area contributed by atoms with Crippen molar-refractivity contribution in [3.63, 3.8) is 0 Å². The summed E-state index contributed by atoms with van der Waals surface area (Å²) in [7, 11) is 0. The van der Waals surface area contributed by atoms with Crippen LogP contribution in [-0.2, 0) is 4.74 Å². The number of rotatable bonds is 4. The molecule has 1 aliphatic carbocycles. The number of hydrogen-bond acceptors (Lipinski definition) is 3. The van der Waals surface area contributed by atoms with Gasteiger partial charge in [0.05, 0.1) is 18.2 Å². The third-order valence-electron chi connectivity index (χ3n) is 5.90. The molecule has 0 bridgehead atoms. The molecule has 0 radical (unpaired) electrons. The van der Waals surface area contributed by atoms with Crippen molar-refractivity contribution in [2.45, 2.75) is 25.9 Å². The molecule has 29 heavy (non-hydrogen) atoms. The van der Waals surface area contributed by atoms with E-state index in [1.807, 2.05) is 25.1 Å². The van der Waals surface area contributed by atoms with Crippen LogP contribution in [0.3, 0.4) is 0 Å². The number of aromatic nitrogens is 1. The lowest BCUT2D eigenvalue weighted by Crippen LogP contribution is -2.43. The lowest BCUT2D eigenvalue weighted by molar-refractivity contribution is 0.0264. The molecule has 2 fully saturated rings. The zero-order chi connectivity index (χ0) is 20.0. The number of hydrogen-bond donors (Lipinski definition) is 2. The Morgan fingerprint density at radius 3 is 2.90 bits per heavy atom. The summed E-state index contributed by atoms with van der Waals surface area (Å²) < 4.78 is 20.0. The molecule has 1 amide bonds. The number of H-pyrrole nitrogens is 1. The smallest absolute Gasteiger partial charge is 0.272 e. The number of halogens is 1. The van der Waals surface area contributed by atoms with Crippen molar-refractivity contribution < 1.29 is 13.9 Å². The number of anilines is 2. The van der Waals surface area contributed by atoms with Gasteiger partial charge in [-0.25, -0.2) is 4.39 Å². The Kier molecular flexibility index (Phi) is 4.51. The Morgan fingerprint density at radius 2 is 2.10 bits per heavy atom. The Bertz CT molecular complexity index is 1030. The molecule has 5 rings (SSSR count). The quantitative estimate of drug-likeness (QED) is 0.687. The minimum atomic E-state index is -0.333. The van der Waals surface area contributed by atoms with E-state index in [0.717, 1.165) is 36.6 Å². The van der Waals surface area contributed by atoms with Gasteiger partial charge in [0.25, 0.3) is 5.91 Å². The van der Waals surface area contributed by atoms with Crippen LogP contribution in [0.25, 0.3) is 10.9 Å². The average molecular weight is 393 g/mol. The molecule has 1 aliphatic heterocycles. The predicted octanol–water partition coefficient (Wildman–Crippen LogP) is 4.48. The summed E-state index contributed by atoms with van der Waals surface area (Å²) in [6.07, 6.45) is 2.84. The van der Waals surface area contributed by atoms with Crippen LogP contribution >= 0.6 is 0 Å². The standard InChI is InChI=1S/C23H24FN3O2/c1-14-5-8-19(24)18-12-20(26-22(14)18)23(28)25-16-3-2-4-17(11-16)27-9-10-29-21(13-27)15-6-7-15/h2-5,8,11-12,15,21,26H,6-7,9-10,13H2,1H3,(H,25,28). The van der Waals surface area contributed by atoms with Crippen LogP contribution in [0.4, 0.5) is 15.8 Å². The van der Waals surface area contributed by atoms with Gasteiger partial charge in [0.2, 0.25) is 0 Å². The van der Waals surface area contributed by atoms with Crippen molar-refractivity contribution in [2.75, 3.05) is 29.9 Å². The third kappa shape index (κ3) is 3.60. The summed E-state index contributed by atoms with van der Waals surface area (Å²) in [6, 6.07) is 12.6. The van der Waals surface area contributed by atoms with Crippen LogP contribution in [0.15, 0.2) is 42.5 Å². The number of ether oxygens (including phenoxy) is 1. The number of aryl methyl sites for hydroxylation is 1. The molecule has 1 aromatic heterocycles. The zero-order valence-corrected chi connectivity index (χ0v) is 16.4. The molecule has 6 heteroatoms. The summed E-state index contributed by atoms with van der Waals surface area (Å²) in [6.45, 7) is 4.36. The van der Waals surface area contributed by atoms with Crippen LogP contribution in [0, 0.1) is 18.7 Å². The highest BCUT2D eigenvalue weighted by molar-refractivity contribution is 6.06. The number of nitrogens with one attached hydrogen (secondary N) is 2. The van der Waals surface area contributed by atoms with E-state index < -0.39 is 0 Å². The molecule has 1 saturated heterocycles. The number of fused-ring (bicyclic) bond motifs is 1. The van der Waals surface area contributed by atoms with Gasteiger partial charge >= 0.3 is 0 Å². The highest BCUT2D eigenvalue weighted by atomic mass is 19.1. The van der Waals surface area contributed by atoms with Crippen molar-refractivity contribution in [2.24, 2.45) is 5.92 Å². The van der Waals surface area contributed by atoms with E-state index in [9.17, 15) is 9.18 Å². The molecule has 1 saturated carbocycles. The first-order valence-electron chi connectivity index (χ1n) is 10.1. The van der Waals surface area contributed by atoms with E-state index in [0.29, 0.717) is 28.6 Å². The number of carbonyl (C=O) groups excluding carboxylic acids is 1. The first-order valence-corrected chi connectivity index (χ1v) is 10.1. The van der Waals surface area contributed by atoms with Gasteiger partial charge in [0.15, 0.2) is 0 Å². The van der Waals surface area contributed by atoms with Crippen molar-refractivity contribution in [3.8, 4) is 0 Å². The molecule has 2 aliphatic rings. The highest BCUT2D eigenvalue weighted by Crippen LogP contribution is 2.36. The first kappa shape index (κ1) is 18.2. The summed E-state index contributed by atoms with van der Waals surface area (Å²) in [4.78, 5) is 18.1. The van der Waals surface area contributed by atoms with E-state index in [1.165, 1.54) is 18.9 Å². The lowest BCUT2D eigenvalue weighted by Gasteiger charge is -2.35.